The maximum Gasteiger partial charge on any atom is 0.124 e. The highest BCUT2D eigenvalue weighted by atomic mass is 16.5. The molecule has 1 unspecified atom stereocenters. The molecule has 0 spiro atoms. The first-order valence-corrected chi connectivity index (χ1v) is 8.06. The van der Waals surface area contributed by atoms with Crippen LogP contribution in [0.15, 0.2) is 24.3 Å². The van der Waals surface area contributed by atoms with Gasteiger partial charge in [0.2, 0.25) is 0 Å². The van der Waals surface area contributed by atoms with Gasteiger partial charge in [-0.25, -0.2) is 0 Å². The number of ether oxygens (including phenoxy) is 1. The molecular weight excluding hydrogens is 260 g/mol. The van der Waals surface area contributed by atoms with Crippen molar-refractivity contribution in [1.29, 1.82) is 0 Å². The van der Waals surface area contributed by atoms with Crippen molar-refractivity contribution in [3.8, 4) is 5.75 Å². The lowest BCUT2D eigenvalue weighted by Gasteiger charge is -2.44. The highest BCUT2D eigenvalue weighted by Crippen LogP contribution is 2.36. The second kappa shape index (κ2) is 7.81. The summed E-state index contributed by atoms with van der Waals surface area (Å²) in [5.41, 5.74) is 1.24. The molecule has 0 bridgehead atoms. The van der Waals surface area contributed by atoms with E-state index in [-0.39, 0.29) is 17.7 Å². The zero-order valence-electron chi connectivity index (χ0n) is 14.7. The normalized spacial score (nSPS) is 13.8. The summed E-state index contributed by atoms with van der Waals surface area (Å²) in [6.07, 6.45) is 0.181. The summed E-state index contributed by atoms with van der Waals surface area (Å²) in [4.78, 5) is 2.49. The largest absolute Gasteiger partial charge is 0.491 e. The Morgan fingerprint density at radius 1 is 1.14 bits per heavy atom. The van der Waals surface area contributed by atoms with Crippen LogP contribution in [0.3, 0.4) is 0 Å². The summed E-state index contributed by atoms with van der Waals surface area (Å²) in [7, 11) is 2.03. The molecule has 0 saturated heterocycles. The second-order valence-corrected chi connectivity index (χ2v) is 6.25. The number of benzene rings is 1. The standard InChI is InChI=1S/C18H32N2O/c1-8-20(9-2)18(5,6)17(19-7)15-12-10-11-13-16(15)21-14(3)4/h10-14,17,19H,8-9H2,1-7H3. The summed E-state index contributed by atoms with van der Waals surface area (Å²) in [5.74, 6) is 0.979. The lowest BCUT2D eigenvalue weighted by atomic mass is 9.86. The lowest BCUT2D eigenvalue weighted by molar-refractivity contribution is 0.0922. The predicted octanol–water partition coefficient (Wildman–Crippen LogP) is 3.85. The average Bonchev–Trinajstić information content (AvgIpc) is 2.41. The van der Waals surface area contributed by atoms with E-state index in [1.165, 1.54) is 5.56 Å². The van der Waals surface area contributed by atoms with Crippen LogP contribution >= 0.6 is 0 Å². The fourth-order valence-corrected chi connectivity index (χ4v) is 3.19. The molecular formula is C18H32N2O. The van der Waals surface area contributed by atoms with Gasteiger partial charge in [0, 0.05) is 11.1 Å². The first kappa shape index (κ1) is 18.0. The van der Waals surface area contributed by atoms with E-state index in [2.05, 4.69) is 70.0 Å². The van der Waals surface area contributed by atoms with Gasteiger partial charge in [-0.2, -0.15) is 0 Å². The third-order valence-electron chi connectivity index (χ3n) is 4.17. The highest BCUT2D eigenvalue weighted by Gasteiger charge is 2.35. The van der Waals surface area contributed by atoms with Crippen LogP contribution in [0.5, 0.6) is 5.75 Å². The van der Waals surface area contributed by atoms with Gasteiger partial charge in [0.1, 0.15) is 5.75 Å². The SMILES string of the molecule is CCN(CC)C(C)(C)C(NC)c1ccccc1OC(C)C. The number of nitrogens with one attached hydrogen (secondary N) is 1. The Morgan fingerprint density at radius 2 is 1.71 bits per heavy atom. The molecule has 120 valence electrons. The minimum atomic E-state index is 0.00862. The van der Waals surface area contributed by atoms with Gasteiger partial charge in [-0.15, -0.1) is 0 Å². The van der Waals surface area contributed by atoms with Crippen LogP contribution in [-0.2, 0) is 0 Å². The smallest absolute Gasteiger partial charge is 0.124 e. The number of nitrogens with zero attached hydrogens (tertiary/aromatic N) is 1. The Morgan fingerprint density at radius 3 is 2.19 bits per heavy atom. The zero-order valence-corrected chi connectivity index (χ0v) is 14.7. The molecule has 1 aromatic rings. The zero-order chi connectivity index (χ0) is 16.0. The van der Waals surface area contributed by atoms with E-state index >= 15 is 0 Å². The monoisotopic (exact) mass is 292 g/mol. The molecule has 3 nitrogen and oxygen atoms in total. The van der Waals surface area contributed by atoms with E-state index in [4.69, 9.17) is 4.74 Å². The van der Waals surface area contributed by atoms with E-state index < -0.39 is 0 Å². The van der Waals surface area contributed by atoms with Gasteiger partial charge < -0.3 is 10.1 Å². The van der Waals surface area contributed by atoms with Crippen LogP contribution in [0, 0.1) is 0 Å². The van der Waals surface area contributed by atoms with Crippen LogP contribution in [0.4, 0.5) is 0 Å². The van der Waals surface area contributed by atoms with Crippen molar-refractivity contribution in [2.45, 2.75) is 59.2 Å². The summed E-state index contributed by atoms with van der Waals surface area (Å²) in [6, 6.07) is 8.58. The molecule has 1 N–H and O–H groups in total. The fourth-order valence-electron chi connectivity index (χ4n) is 3.19. The quantitative estimate of drug-likeness (QED) is 0.787. The molecule has 0 aromatic heterocycles. The predicted molar refractivity (Wildman–Crippen MR) is 91.0 cm³/mol. The molecule has 0 aliphatic rings. The van der Waals surface area contributed by atoms with E-state index in [0.29, 0.717) is 0 Å². The molecule has 0 aliphatic carbocycles. The number of hydrogen-bond donors (Lipinski definition) is 1. The molecule has 0 aliphatic heterocycles. The Balaban J connectivity index is 3.21. The Kier molecular flexibility index (Phi) is 6.69. The van der Waals surface area contributed by atoms with Crippen LogP contribution in [0.25, 0.3) is 0 Å². The van der Waals surface area contributed by atoms with Crippen molar-refractivity contribution in [1.82, 2.24) is 10.2 Å². The van der Waals surface area contributed by atoms with Gasteiger partial charge in [0.25, 0.3) is 0 Å². The van der Waals surface area contributed by atoms with Crippen LogP contribution in [0.2, 0.25) is 0 Å². The summed E-state index contributed by atoms with van der Waals surface area (Å²) in [6.45, 7) is 15.2. The molecule has 21 heavy (non-hydrogen) atoms. The van der Waals surface area contributed by atoms with E-state index in [1.54, 1.807) is 0 Å². The molecule has 1 aromatic carbocycles. The third kappa shape index (κ3) is 4.21. The van der Waals surface area contributed by atoms with Gasteiger partial charge in [-0.3, -0.25) is 4.90 Å². The van der Waals surface area contributed by atoms with Crippen LogP contribution in [-0.4, -0.2) is 36.7 Å². The van der Waals surface area contributed by atoms with Crippen molar-refractivity contribution in [2.24, 2.45) is 0 Å². The number of likely N-dealkylation sites (N-methyl/N-ethyl adjacent to an activating group) is 2. The van der Waals surface area contributed by atoms with Crippen molar-refractivity contribution < 1.29 is 4.74 Å². The van der Waals surface area contributed by atoms with Gasteiger partial charge in [-0.05, 0) is 53.9 Å². The Bertz CT molecular complexity index is 425. The van der Waals surface area contributed by atoms with Crippen molar-refractivity contribution >= 4 is 0 Å². The maximum absolute atomic E-state index is 6.01. The van der Waals surface area contributed by atoms with Crippen LogP contribution in [0.1, 0.15) is 53.1 Å². The average molecular weight is 292 g/mol. The summed E-state index contributed by atoms with van der Waals surface area (Å²) < 4.78 is 6.01. The first-order valence-electron chi connectivity index (χ1n) is 8.06. The fraction of sp³-hybridized carbons (Fsp3) is 0.667. The lowest BCUT2D eigenvalue weighted by Crippen LogP contribution is -2.52. The molecule has 1 rings (SSSR count). The van der Waals surface area contributed by atoms with Gasteiger partial charge in [0.05, 0.1) is 12.1 Å². The minimum absolute atomic E-state index is 0.00862. The van der Waals surface area contributed by atoms with E-state index in [0.717, 1.165) is 18.8 Å². The second-order valence-electron chi connectivity index (χ2n) is 6.25. The first-order chi connectivity index (χ1) is 9.88. The van der Waals surface area contributed by atoms with E-state index in [9.17, 15) is 0 Å². The number of rotatable bonds is 8. The highest BCUT2D eigenvalue weighted by molar-refractivity contribution is 5.38. The molecule has 0 fully saturated rings. The topological polar surface area (TPSA) is 24.5 Å². The minimum Gasteiger partial charge on any atom is -0.491 e. The van der Waals surface area contributed by atoms with Gasteiger partial charge in [-0.1, -0.05) is 32.0 Å². The molecule has 0 heterocycles. The molecule has 0 saturated carbocycles. The maximum atomic E-state index is 6.01. The third-order valence-corrected chi connectivity index (χ3v) is 4.17. The van der Waals surface area contributed by atoms with Crippen LogP contribution < -0.4 is 10.1 Å². The van der Waals surface area contributed by atoms with E-state index in [1.807, 2.05) is 13.1 Å². The Labute approximate surface area is 130 Å². The summed E-state index contributed by atoms with van der Waals surface area (Å²) >= 11 is 0. The number of para-hydroxylation sites is 1. The summed E-state index contributed by atoms with van der Waals surface area (Å²) in [5, 5.41) is 3.50. The van der Waals surface area contributed by atoms with Gasteiger partial charge in [0.15, 0.2) is 0 Å². The molecule has 0 amide bonds. The molecule has 1 atom stereocenters. The van der Waals surface area contributed by atoms with Gasteiger partial charge >= 0.3 is 0 Å². The Hall–Kier alpha value is -1.06. The number of hydrogen-bond acceptors (Lipinski definition) is 3. The van der Waals surface area contributed by atoms with Crippen molar-refractivity contribution in [3.05, 3.63) is 29.8 Å². The van der Waals surface area contributed by atoms with Crippen molar-refractivity contribution in [3.63, 3.8) is 0 Å². The molecule has 0 radical (unpaired) electrons. The van der Waals surface area contributed by atoms with Crippen molar-refractivity contribution in [2.75, 3.05) is 20.1 Å². The molecule has 3 heteroatoms.